The van der Waals surface area contributed by atoms with E-state index in [1.165, 1.54) is 6.39 Å². The van der Waals surface area contributed by atoms with Crippen molar-refractivity contribution in [2.75, 3.05) is 26.2 Å². The normalized spacial score (nSPS) is 25.2. The topological polar surface area (TPSA) is 58.4 Å². The molecule has 5 nitrogen and oxygen atoms in total. The number of likely N-dealkylation sites (tertiary alicyclic amines) is 1. The summed E-state index contributed by atoms with van der Waals surface area (Å²) in [7, 11) is 0. The standard InChI is InChI=1S/C12H17N3O2.2ClH/c1-8-11(17-7-14-8)12(16)15-3-2-9-4-13-5-10(9)6-15;;/h7,9-10,13H,2-6H2,1H3;2*1H. The third-order valence-electron chi connectivity index (χ3n) is 3.93. The molecule has 1 amide bonds. The Hall–Kier alpha value is -0.780. The number of carbonyl (C=O) groups is 1. The number of aromatic nitrogens is 1. The first-order chi connectivity index (χ1) is 8.25. The van der Waals surface area contributed by atoms with Gasteiger partial charge in [0, 0.05) is 13.1 Å². The first kappa shape index (κ1) is 16.3. The average molecular weight is 308 g/mol. The molecule has 7 heteroatoms. The third kappa shape index (κ3) is 3.04. The second-order valence-electron chi connectivity index (χ2n) is 4.99. The highest BCUT2D eigenvalue weighted by molar-refractivity contribution is 5.92. The molecule has 2 aliphatic rings. The highest BCUT2D eigenvalue weighted by atomic mass is 35.5. The second kappa shape index (κ2) is 6.59. The maximum atomic E-state index is 12.2. The number of piperidine rings is 1. The van der Waals surface area contributed by atoms with Gasteiger partial charge >= 0.3 is 0 Å². The van der Waals surface area contributed by atoms with Gasteiger partial charge in [0.15, 0.2) is 6.39 Å². The summed E-state index contributed by atoms with van der Waals surface area (Å²) >= 11 is 0. The smallest absolute Gasteiger partial charge is 0.291 e. The fraction of sp³-hybridized carbons (Fsp3) is 0.667. The zero-order valence-electron chi connectivity index (χ0n) is 10.8. The molecule has 3 rings (SSSR count). The second-order valence-corrected chi connectivity index (χ2v) is 4.99. The van der Waals surface area contributed by atoms with Crippen LogP contribution in [0, 0.1) is 18.8 Å². The largest absolute Gasteiger partial charge is 0.438 e. The van der Waals surface area contributed by atoms with Gasteiger partial charge in [0.1, 0.15) is 0 Å². The number of hydrogen-bond acceptors (Lipinski definition) is 4. The van der Waals surface area contributed by atoms with Crippen LogP contribution in [0.1, 0.15) is 22.7 Å². The molecular formula is C12H19Cl2N3O2. The van der Waals surface area contributed by atoms with Crippen LogP contribution in [0.3, 0.4) is 0 Å². The number of nitrogens with zero attached hydrogens (tertiary/aromatic N) is 2. The molecular weight excluding hydrogens is 289 g/mol. The van der Waals surface area contributed by atoms with E-state index in [1.807, 2.05) is 4.90 Å². The van der Waals surface area contributed by atoms with E-state index in [9.17, 15) is 4.79 Å². The maximum Gasteiger partial charge on any atom is 0.291 e. The molecule has 2 atom stereocenters. The summed E-state index contributed by atoms with van der Waals surface area (Å²) in [5, 5.41) is 3.40. The molecule has 0 radical (unpaired) electrons. The van der Waals surface area contributed by atoms with Crippen molar-refractivity contribution in [3.63, 3.8) is 0 Å². The maximum absolute atomic E-state index is 12.2. The number of fused-ring (bicyclic) bond motifs is 1. The Labute approximate surface area is 124 Å². The molecule has 2 unspecified atom stereocenters. The summed E-state index contributed by atoms with van der Waals surface area (Å²) in [4.78, 5) is 18.1. The zero-order chi connectivity index (χ0) is 11.8. The molecule has 0 spiro atoms. The van der Waals surface area contributed by atoms with Gasteiger partial charge in [-0.25, -0.2) is 4.98 Å². The van der Waals surface area contributed by atoms with Gasteiger partial charge in [-0.3, -0.25) is 4.79 Å². The summed E-state index contributed by atoms with van der Waals surface area (Å²) in [6.45, 7) is 5.62. The molecule has 19 heavy (non-hydrogen) atoms. The summed E-state index contributed by atoms with van der Waals surface area (Å²) in [5.41, 5.74) is 0.682. The molecule has 2 aliphatic heterocycles. The van der Waals surface area contributed by atoms with Crippen molar-refractivity contribution in [3.05, 3.63) is 17.8 Å². The van der Waals surface area contributed by atoms with Gasteiger partial charge in [-0.15, -0.1) is 24.8 Å². The first-order valence-electron chi connectivity index (χ1n) is 6.16. The van der Waals surface area contributed by atoms with Gasteiger partial charge in [0.05, 0.1) is 5.69 Å². The Morgan fingerprint density at radius 2 is 2.16 bits per heavy atom. The fourth-order valence-corrected chi connectivity index (χ4v) is 2.87. The van der Waals surface area contributed by atoms with Crippen molar-refractivity contribution in [3.8, 4) is 0 Å². The molecule has 0 aromatic carbocycles. The number of halogens is 2. The number of aryl methyl sites for hydroxylation is 1. The molecule has 1 aromatic rings. The lowest BCUT2D eigenvalue weighted by molar-refractivity contribution is 0.0610. The summed E-state index contributed by atoms with van der Waals surface area (Å²) in [6.07, 6.45) is 2.43. The molecule has 1 N–H and O–H groups in total. The lowest BCUT2D eigenvalue weighted by Gasteiger charge is -2.33. The van der Waals surface area contributed by atoms with E-state index in [-0.39, 0.29) is 30.7 Å². The molecule has 3 heterocycles. The third-order valence-corrected chi connectivity index (χ3v) is 3.93. The summed E-state index contributed by atoms with van der Waals surface area (Å²) in [6, 6.07) is 0. The van der Waals surface area contributed by atoms with Gasteiger partial charge in [-0.2, -0.15) is 0 Å². The Bertz CT molecular complexity index is 438. The van der Waals surface area contributed by atoms with Crippen LogP contribution in [0.25, 0.3) is 0 Å². The van der Waals surface area contributed by atoms with Crippen molar-refractivity contribution in [2.24, 2.45) is 11.8 Å². The minimum absolute atomic E-state index is 0. The quantitative estimate of drug-likeness (QED) is 0.854. The van der Waals surface area contributed by atoms with Crippen LogP contribution in [0.4, 0.5) is 0 Å². The van der Waals surface area contributed by atoms with E-state index < -0.39 is 0 Å². The lowest BCUT2D eigenvalue weighted by Crippen LogP contribution is -2.43. The molecule has 108 valence electrons. The van der Waals surface area contributed by atoms with Gasteiger partial charge < -0.3 is 14.6 Å². The minimum Gasteiger partial charge on any atom is -0.438 e. The highest BCUT2D eigenvalue weighted by Crippen LogP contribution is 2.27. The Morgan fingerprint density at radius 1 is 1.42 bits per heavy atom. The fourth-order valence-electron chi connectivity index (χ4n) is 2.87. The first-order valence-corrected chi connectivity index (χ1v) is 6.16. The average Bonchev–Trinajstić information content (AvgIpc) is 2.95. The number of rotatable bonds is 1. The van der Waals surface area contributed by atoms with Crippen LogP contribution in [-0.2, 0) is 0 Å². The van der Waals surface area contributed by atoms with Crippen molar-refractivity contribution < 1.29 is 9.21 Å². The van der Waals surface area contributed by atoms with Crippen LogP contribution in [-0.4, -0.2) is 42.0 Å². The summed E-state index contributed by atoms with van der Waals surface area (Å²) < 4.78 is 5.17. The van der Waals surface area contributed by atoms with E-state index in [4.69, 9.17) is 4.42 Å². The SMILES string of the molecule is Cc1ncoc1C(=O)N1CCC2CNCC2C1.Cl.Cl. The zero-order valence-corrected chi connectivity index (χ0v) is 12.4. The van der Waals surface area contributed by atoms with Crippen LogP contribution < -0.4 is 5.32 Å². The van der Waals surface area contributed by atoms with E-state index in [2.05, 4.69) is 10.3 Å². The molecule has 0 bridgehead atoms. The van der Waals surface area contributed by atoms with Crippen LogP contribution >= 0.6 is 24.8 Å². The van der Waals surface area contributed by atoms with Crippen molar-refractivity contribution in [1.82, 2.24) is 15.2 Å². The molecule has 0 aliphatic carbocycles. The molecule has 2 saturated heterocycles. The van der Waals surface area contributed by atoms with Gasteiger partial charge in [0.2, 0.25) is 5.76 Å². The van der Waals surface area contributed by atoms with E-state index in [0.29, 0.717) is 17.4 Å². The Kier molecular flexibility index (Phi) is 5.64. The van der Waals surface area contributed by atoms with Crippen molar-refractivity contribution >= 4 is 30.7 Å². The van der Waals surface area contributed by atoms with Crippen molar-refractivity contribution in [1.29, 1.82) is 0 Å². The monoisotopic (exact) mass is 307 g/mol. The van der Waals surface area contributed by atoms with Crippen LogP contribution in [0.5, 0.6) is 0 Å². The number of oxazole rings is 1. The van der Waals surface area contributed by atoms with E-state index in [1.54, 1.807) is 6.92 Å². The molecule has 1 aromatic heterocycles. The molecule has 0 saturated carbocycles. The number of hydrogen-bond donors (Lipinski definition) is 1. The lowest BCUT2D eigenvalue weighted by atomic mass is 9.88. The van der Waals surface area contributed by atoms with Gasteiger partial charge in [-0.05, 0) is 38.3 Å². The van der Waals surface area contributed by atoms with Gasteiger partial charge in [-0.1, -0.05) is 0 Å². The van der Waals surface area contributed by atoms with Crippen molar-refractivity contribution in [2.45, 2.75) is 13.3 Å². The highest BCUT2D eigenvalue weighted by Gasteiger charge is 2.35. The van der Waals surface area contributed by atoms with E-state index >= 15 is 0 Å². The predicted octanol–water partition coefficient (Wildman–Crippen LogP) is 1.51. The minimum atomic E-state index is -0.00894. The van der Waals surface area contributed by atoms with E-state index in [0.717, 1.165) is 38.5 Å². The predicted molar refractivity (Wildman–Crippen MR) is 76.1 cm³/mol. The number of amides is 1. The van der Waals surface area contributed by atoms with Gasteiger partial charge in [0.25, 0.3) is 5.91 Å². The Balaban J connectivity index is 0.000000902. The van der Waals surface area contributed by atoms with Crippen LogP contribution in [0.15, 0.2) is 10.8 Å². The summed E-state index contributed by atoms with van der Waals surface area (Å²) in [5.74, 6) is 1.74. The van der Waals surface area contributed by atoms with Crippen LogP contribution in [0.2, 0.25) is 0 Å². The Morgan fingerprint density at radius 3 is 2.84 bits per heavy atom. The number of carbonyl (C=O) groups excluding carboxylic acids is 1. The molecule has 2 fully saturated rings. The number of nitrogens with one attached hydrogen (secondary N) is 1.